The molecule has 0 radical (unpaired) electrons. The van der Waals surface area contributed by atoms with Gasteiger partial charge in [0.15, 0.2) is 0 Å². The van der Waals surface area contributed by atoms with Crippen molar-refractivity contribution in [2.24, 2.45) is 0 Å². The number of halogens is 1. The van der Waals surface area contributed by atoms with E-state index in [1.807, 2.05) is 60.7 Å². The summed E-state index contributed by atoms with van der Waals surface area (Å²) < 4.78 is 13.6. The van der Waals surface area contributed by atoms with Crippen molar-refractivity contribution in [2.75, 3.05) is 0 Å². The van der Waals surface area contributed by atoms with Crippen LogP contribution < -0.4 is 0 Å². The summed E-state index contributed by atoms with van der Waals surface area (Å²) in [6, 6.07) is 19.3. The van der Waals surface area contributed by atoms with Gasteiger partial charge in [-0.15, -0.1) is 9.60 Å². The van der Waals surface area contributed by atoms with Crippen LogP contribution in [0.15, 0.2) is 60.7 Å². The van der Waals surface area contributed by atoms with E-state index >= 15 is 0 Å². The van der Waals surface area contributed by atoms with Gasteiger partial charge in [-0.25, -0.2) is 0 Å². The molecule has 0 aromatic heterocycles. The van der Waals surface area contributed by atoms with Crippen molar-refractivity contribution in [1.29, 1.82) is 0 Å². The van der Waals surface area contributed by atoms with E-state index in [1.165, 1.54) is 0 Å². The van der Waals surface area contributed by atoms with E-state index in [-0.39, 0.29) is 0 Å². The molecule has 2 rings (SSSR count). The highest BCUT2D eigenvalue weighted by Crippen LogP contribution is 2.09. The molecule has 2 heteroatoms. The summed E-state index contributed by atoms with van der Waals surface area (Å²) in [4.78, 5) is 0. The Morgan fingerprint density at radius 1 is 0.688 bits per heavy atom. The summed E-state index contributed by atoms with van der Waals surface area (Å²) >= 11 is 0. The lowest BCUT2D eigenvalue weighted by Gasteiger charge is -2.11. The third kappa shape index (κ3) is 3.17. The molecular formula is C14H14FN. The van der Waals surface area contributed by atoms with Crippen molar-refractivity contribution in [3.8, 4) is 0 Å². The maximum Gasteiger partial charge on any atom is 0.0544 e. The Hall–Kier alpha value is -1.67. The standard InChI is InChI=1S/C14H14FN/c15-16(11-13-7-3-1-4-8-13)12-14-9-5-2-6-10-14/h1-10H,11-12H2. The normalized spacial score (nSPS) is 10.6. The van der Waals surface area contributed by atoms with Gasteiger partial charge < -0.3 is 0 Å². The van der Waals surface area contributed by atoms with Crippen LogP contribution in [0.25, 0.3) is 0 Å². The average Bonchev–Trinajstić information content (AvgIpc) is 2.31. The lowest BCUT2D eigenvalue weighted by Crippen LogP contribution is -2.12. The van der Waals surface area contributed by atoms with Crippen LogP contribution in [0.5, 0.6) is 0 Å². The van der Waals surface area contributed by atoms with Gasteiger partial charge in [0.1, 0.15) is 0 Å². The van der Waals surface area contributed by atoms with Crippen LogP contribution in [-0.4, -0.2) is 5.12 Å². The summed E-state index contributed by atoms with van der Waals surface area (Å²) in [6.45, 7) is 0.658. The van der Waals surface area contributed by atoms with Gasteiger partial charge in [0, 0.05) is 0 Å². The third-order valence-corrected chi connectivity index (χ3v) is 2.39. The number of nitrogens with zero attached hydrogens (tertiary/aromatic N) is 1. The minimum absolute atomic E-state index is 0.329. The van der Waals surface area contributed by atoms with Crippen LogP contribution in [0.1, 0.15) is 11.1 Å². The van der Waals surface area contributed by atoms with E-state index in [2.05, 4.69) is 0 Å². The fourth-order valence-electron chi connectivity index (χ4n) is 1.62. The van der Waals surface area contributed by atoms with Gasteiger partial charge in [-0.2, -0.15) is 0 Å². The summed E-state index contributed by atoms with van der Waals surface area (Å²) in [7, 11) is 0. The summed E-state index contributed by atoms with van der Waals surface area (Å²) in [5.41, 5.74) is 1.97. The highest BCUT2D eigenvalue weighted by atomic mass is 19.2. The van der Waals surface area contributed by atoms with Gasteiger partial charge in [0.25, 0.3) is 0 Å². The van der Waals surface area contributed by atoms with Crippen molar-refractivity contribution in [1.82, 2.24) is 5.12 Å². The maximum atomic E-state index is 13.6. The van der Waals surface area contributed by atoms with Crippen molar-refractivity contribution in [3.05, 3.63) is 71.8 Å². The smallest absolute Gasteiger partial charge is 0.0544 e. The predicted octanol–water partition coefficient (Wildman–Crippen LogP) is 3.57. The molecule has 0 saturated carbocycles. The van der Waals surface area contributed by atoms with Crippen LogP contribution in [0.2, 0.25) is 0 Å². The maximum absolute atomic E-state index is 13.6. The summed E-state index contributed by atoms with van der Waals surface area (Å²) in [5.74, 6) is 0. The van der Waals surface area contributed by atoms with Gasteiger partial charge in [0.05, 0.1) is 13.1 Å². The predicted molar refractivity (Wildman–Crippen MR) is 63.2 cm³/mol. The van der Waals surface area contributed by atoms with Crippen molar-refractivity contribution < 1.29 is 4.48 Å². The number of hydrogen-bond acceptors (Lipinski definition) is 1. The summed E-state index contributed by atoms with van der Waals surface area (Å²) in [6.07, 6.45) is 0. The van der Waals surface area contributed by atoms with E-state index in [4.69, 9.17) is 0 Å². The molecule has 1 nitrogen and oxygen atoms in total. The first-order valence-corrected chi connectivity index (χ1v) is 5.33. The zero-order chi connectivity index (χ0) is 11.2. The van der Waals surface area contributed by atoms with Crippen LogP contribution in [0, 0.1) is 0 Å². The van der Waals surface area contributed by atoms with Gasteiger partial charge in [-0.05, 0) is 11.1 Å². The first-order chi connectivity index (χ1) is 7.84. The van der Waals surface area contributed by atoms with Crippen LogP contribution >= 0.6 is 0 Å². The van der Waals surface area contributed by atoms with Crippen molar-refractivity contribution >= 4 is 0 Å². The molecule has 2 aromatic carbocycles. The summed E-state index contributed by atoms with van der Waals surface area (Å²) in [5, 5.41) is 0.824. The van der Waals surface area contributed by atoms with Gasteiger partial charge in [-0.3, -0.25) is 0 Å². The molecule has 0 amide bonds. The number of benzene rings is 2. The molecule has 0 saturated heterocycles. The molecule has 0 atom stereocenters. The zero-order valence-electron chi connectivity index (χ0n) is 9.01. The number of rotatable bonds is 4. The van der Waals surface area contributed by atoms with E-state index < -0.39 is 0 Å². The highest BCUT2D eigenvalue weighted by Gasteiger charge is 2.04. The van der Waals surface area contributed by atoms with Gasteiger partial charge in [-0.1, -0.05) is 60.7 Å². The fraction of sp³-hybridized carbons (Fsp3) is 0.143. The molecule has 16 heavy (non-hydrogen) atoms. The molecule has 0 aliphatic rings. The SMILES string of the molecule is FN(Cc1ccccc1)Cc1ccccc1. The Morgan fingerprint density at radius 3 is 1.44 bits per heavy atom. The largest absolute Gasteiger partial charge is 0.138 e. The topological polar surface area (TPSA) is 3.24 Å². The quantitative estimate of drug-likeness (QED) is 0.705. The van der Waals surface area contributed by atoms with E-state index in [1.54, 1.807) is 0 Å². The second kappa shape index (κ2) is 5.42. The lowest BCUT2D eigenvalue weighted by atomic mass is 10.2. The minimum Gasteiger partial charge on any atom is -0.138 e. The van der Waals surface area contributed by atoms with Crippen LogP contribution in [-0.2, 0) is 13.1 Å². The van der Waals surface area contributed by atoms with E-state index in [9.17, 15) is 4.48 Å². The van der Waals surface area contributed by atoms with Gasteiger partial charge >= 0.3 is 0 Å². The molecule has 0 heterocycles. The van der Waals surface area contributed by atoms with E-state index in [0.717, 1.165) is 16.2 Å². The molecule has 0 N–H and O–H groups in total. The second-order valence-corrected chi connectivity index (χ2v) is 3.75. The Balaban J connectivity index is 1.92. The third-order valence-electron chi connectivity index (χ3n) is 2.39. The Bertz CT molecular complexity index is 372. The molecule has 0 unspecified atom stereocenters. The molecule has 82 valence electrons. The molecule has 0 fully saturated rings. The lowest BCUT2D eigenvalue weighted by molar-refractivity contribution is 0.00617. The first-order valence-electron chi connectivity index (χ1n) is 5.33. The first kappa shape index (κ1) is 10.8. The average molecular weight is 215 g/mol. The van der Waals surface area contributed by atoms with E-state index in [0.29, 0.717) is 13.1 Å². The molecule has 0 aliphatic heterocycles. The molecule has 0 spiro atoms. The Morgan fingerprint density at radius 2 is 1.06 bits per heavy atom. The molecule has 0 aliphatic carbocycles. The second-order valence-electron chi connectivity index (χ2n) is 3.75. The number of hydrogen-bond donors (Lipinski definition) is 0. The fourth-order valence-corrected chi connectivity index (χ4v) is 1.62. The van der Waals surface area contributed by atoms with Crippen molar-refractivity contribution in [2.45, 2.75) is 13.1 Å². The van der Waals surface area contributed by atoms with Crippen LogP contribution in [0.4, 0.5) is 4.48 Å². The Labute approximate surface area is 95.1 Å². The molecule has 0 bridgehead atoms. The van der Waals surface area contributed by atoms with Crippen LogP contribution in [0.3, 0.4) is 0 Å². The molecule has 2 aromatic rings. The Kier molecular flexibility index (Phi) is 3.67. The van der Waals surface area contributed by atoms with Crippen molar-refractivity contribution in [3.63, 3.8) is 0 Å². The molecular weight excluding hydrogens is 201 g/mol. The zero-order valence-corrected chi connectivity index (χ0v) is 9.01. The van der Waals surface area contributed by atoms with Gasteiger partial charge in [0.2, 0.25) is 0 Å². The highest BCUT2D eigenvalue weighted by molar-refractivity contribution is 5.16. The monoisotopic (exact) mass is 215 g/mol. The minimum atomic E-state index is 0.329.